The molecule has 0 aliphatic heterocycles. The molecule has 0 saturated carbocycles. The Hall–Kier alpha value is -3.09. The summed E-state index contributed by atoms with van der Waals surface area (Å²) < 4.78 is 4.54. The van der Waals surface area contributed by atoms with E-state index in [2.05, 4.69) is 15.4 Å². The average Bonchev–Trinajstić information content (AvgIpc) is 2.57. The third kappa shape index (κ3) is 4.22. The van der Waals surface area contributed by atoms with E-state index in [1.165, 1.54) is 6.07 Å². The highest BCUT2D eigenvalue weighted by Gasteiger charge is 2.15. The number of ether oxygens (including phenoxy) is 1. The van der Waals surface area contributed by atoms with Gasteiger partial charge in [-0.2, -0.15) is 0 Å². The third-order valence-electron chi connectivity index (χ3n) is 3.27. The van der Waals surface area contributed by atoms with Crippen LogP contribution < -0.4 is 10.6 Å². The number of rotatable bonds is 5. The second-order valence-electron chi connectivity index (χ2n) is 4.95. The van der Waals surface area contributed by atoms with Crippen molar-refractivity contribution in [3.63, 3.8) is 0 Å². The lowest BCUT2D eigenvalue weighted by Crippen LogP contribution is -2.38. The van der Waals surface area contributed by atoms with Crippen molar-refractivity contribution in [2.24, 2.45) is 0 Å². The highest BCUT2D eigenvalue weighted by Crippen LogP contribution is 2.24. The molecule has 7 nitrogen and oxygen atoms in total. The van der Waals surface area contributed by atoms with Gasteiger partial charge in [-0.15, -0.1) is 0 Å². The van der Waals surface area contributed by atoms with Gasteiger partial charge in [-0.1, -0.05) is 24.3 Å². The monoisotopic (exact) mass is 330 g/mol. The minimum atomic E-state index is -0.962. The van der Waals surface area contributed by atoms with Gasteiger partial charge in [0.15, 0.2) is 0 Å². The molecule has 2 amide bonds. The molecule has 3 N–H and O–H groups in total. The number of carbonyl (C=O) groups is 3. The van der Waals surface area contributed by atoms with Crippen LogP contribution in [0.1, 0.15) is 17.3 Å². The number of nitrogens with one attached hydrogen (secondary N) is 2. The molecule has 2 rings (SSSR count). The Labute approximate surface area is 138 Å². The van der Waals surface area contributed by atoms with Crippen molar-refractivity contribution >= 4 is 28.6 Å². The molecule has 0 heterocycles. The van der Waals surface area contributed by atoms with Gasteiger partial charge in [-0.25, -0.2) is 4.79 Å². The first-order valence-electron chi connectivity index (χ1n) is 7.48. The zero-order valence-electron chi connectivity index (χ0n) is 13.2. The second-order valence-corrected chi connectivity index (χ2v) is 4.95. The Kier molecular flexibility index (Phi) is 5.73. The molecule has 0 radical (unpaired) electrons. The quantitative estimate of drug-likeness (QED) is 0.430. The fourth-order valence-corrected chi connectivity index (χ4v) is 2.13. The number of amides is 2. The number of esters is 1. The molecule has 2 aromatic rings. The summed E-state index contributed by atoms with van der Waals surface area (Å²) in [6, 6.07) is 10.5. The molecular formula is C17H18N2O5. The Morgan fingerprint density at radius 3 is 2.33 bits per heavy atom. The summed E-state index contributed by atoms with van der Waals surface area (Å²) in [4.78, 5) is 34.5. The van der Waals surface area contributed by atoms with Gasteiger partial charge in [0.2, 0.25) is 0 Å². The topological polar surface area (TPSA) is 105 Å². The molecule has 0 fully saturated rings. The molecule has 0 aliphatic rings. The van der Waals surface area contributed by atoms with E-state index in [-0.39, 0.29) is 31.0 Å². The van der Waals surface area contributed by atoms with Crippen LogP contribution in [0.4, 0.5) is 0 Å². The van der Waals surface area contributed by atoms with Gasteiger partial charge in [-0.3, -0.25) is 9.59 Å². The SMILES string of the molecule is CCOC(=O)C(=O)NCCNC(=O)c1cc2ccccc2cc1O. The first kappa shape index (κ1) is 17.3. The van der Waals surface area contributed by atoms with E-state index < -0.39 is 17.8 Å². The van der Waals surface area contributed by atoms with Crippen molar-refractivity contribution in [3.8, 4) is 5.75 Å². The Bertz CT molecular complexity index is 773. The summed E-state index contributed by atoms with van der Waals surface area (Å²) in [6.07, 6.45) is 0. The van der Waals surface area contributed by atoms with Crippen LogP contribution in [0.3, 0.4) is 0 Å². The van der Waals surface area contributed by atoms with Crippen LogP contribution >= 0.6 is 0 Å². The summed E-state index contributed by atoms with van der Waals surface area (Å²) in [5.41, 5.74) is 0.144. The molecule has 0 aromatic heterocycles. The van der Waals surface area contributed by atoms with Crippen molar-refractivity contribution in [3.05, 3.63) is 42.0 Å². The van der Waals surface area contributed by atoms with Crippen molar-refractivity contribution in [1.29, 1.82) is 0 Å². The van der Waals surface area contributed by atoms with E-state index in [4.69, 9.17) is 0 Å². The number of phenolic OH excluding ortho intramolecular Hbond substituents is 1. The standard InChI is InChI=1S/C17H18N2O5/c1-2-24-17(23)16(22)19-8-7-18-15(21)13-9-11-5-3-4-6-12(11)10-14(13)20/h3-6,9-10,20H,2,7-8H2,1H3,(H,18,21)(H,19,22). The molecule has 0 bridgehead atoms. The zero-order valence-corrected chi connectivity index (χ0v) is 13.2. The van der Waals surface area contributed by atoms with Crippen molar-refractivity contribution in [1.82, 2.24) is 10.6 Å². The van der Waals surface area contributed by atoms with Crippen LogP contribution in [0.2, 0.25) is 0 Å². The number of aromatic hydroxyl groups is 1. The van der Waals surface area contributed by atoms with Crippen LogP contribution in [-0.2, 0) is 14.3 Å². The Morgan fingerprint density at radius 1 is 1.04 bits per heavy atom. The average molecular weight is 330 g/mol. The highest BCUT2D eigenvalue weighted by atomic mass is 16.5. The maximum absolute atomic E-state index is 12.1. The Balaban J connectivity index is 1.90. The van der Waals surface area contributed by atoms with Crippen molar-refractivity contribution < 1.29 is 24.2 Å². The van der Waals surface area contributed by atoms with Gasteiger partial charge in [0.1, 0.15) is 5.75 Å². The highest BCUT2D eigenvalue weighted by molar-refractivity contribution is 6.32. The van der Waals surface area contributed by atoms with E-state index >= 15 is 0 Å². The van der Waals surface area contributed by atoms with Crippen molar-refractivity contribution in [2.45, 2.75) is 6.92 Å². The number of hydrogen-bond donors (Lipinski definition) is 3. The van der Waals surface area contributed by atoms with Gasteiger partial charge >= 0.3 is 11.9 Å². The van der Waals surface area contributed by atoms with E-state index in [1.807, 2.05) is 24.3 Å². The van der Waals surface area contributed by atoms with E-state index in [0.717, 1.165) is 10.8 Å². The molecule has 24 heavy (non-hydrogen) atoms. The van der Waals surface area contributed by atoms with E-state index in [9.17, 15) is 19.5 Å². The molecular weight excluding hydrogens is 312 g/mol. The first-order chi connectivity index (χ1) is 11.5. The molecule has 0 unspecified atom stereocenters. The minimum Gasteiger partial charge on any atom is -0.507 e. The second kappa shape index (κ2) is 7.96. The summed E-state index contributed by atoms with van der Waals surface area (Å²) in [5.74, 6) is -2.42. The summed E-state index contributed by atoms with van der Waals surface area (Å²) in [6.45, 7) is 1.89. The zero-order chi connectivity index (χ0) is 17.5. The maximum atomic E-state index is 12.1. The lowest BCUT2D eigenvalue weighted by molar-refractivity contribution is -0.154. The Morgan fingerprint density at radius 2 is 1.67 bits per heavy atom. The lowest BCUT2D eigenvalue weighted by Gasteiger charge is -2.09. The van der Waals surface area contributed by atoms with E-state index in [1.54, 1.807) is 13.0 Å². The number of fused-ring (bicyclic) bond motifs is 1. The summed E-state index contributed by atoms with van der Waals surface area (Å²) in [5, 5.41) is 16.5. The molecule has 0 saturated heterocycles. The molecule has 126 valence electrons. The lowest BCUT2D eigenvalue weighted by atomic mass is 10.1. The predicted molar refractivity (Wildman–Crippen MR) is 87.6 cm³/mol. The normalized spacial score (nSPS) is 10.2. The van der Waals surface area contributed by atoms with E-state index in [0.29, 0.717) is 0 Å². The van der Waals surface area contributed by atoms with Gasteiger partial charge in [0.25, 0.3) is 5.91 Å². The van der Waals surface area contributed by atoms with Gasteiger partial charge in [-0.05, 0) is 29.8 Å². The number of carbonyl (C=O) groups excluding carboxylic acids is 3. The minimum absolute atomic E-state index is 0.0672. The van der Waals surface area contributed by atoms with Crippen molar-refractivity contribution in [2.75, 3.05) is 19.7 Å². The first-order valence-corrected chi connectivity index (χ1v) is 7.48. The predicted octanol–water partition coefficient (Wildman–Crippen LogP) is 0.955. The maximum Gasteiger partial charge on any atom is 0.396 e. The van der Waals surface area contributed by atoms with Gasteiger partial charge in [0, 0.05) is 13.1 Å². The molecule has 2 aromatic carbocycles. The van der Waals surface area contributed by atoms with Crippen LogP contribution in [0.15, 0.2) is 36.4 Å². The number of benzene rings is 2. The van der Waals surface area contributed by atoms with Crippen LogP contribution in [0.25, 0.3) is 10.8 Å². The number of phenols is 1. The third-order valence-corrected chi connectivity index (χ3v) is 3.27. The summed E-state index contributed by atoms with van der Waals surface area (Å²) >= 11 is 0. The van der Waals surface area contributed by atoms with Gasteiger partial charge in [0.05, 0.1) is 12.2 Å². The molecule has 0 spiro atoms. The fraction of sp³-hybridized carbons (Fsp3) is 0.235. The smallest absolute Gasteiger partial charge is 0.396 e. The van der Waals surface area contributed by atoms with Crippen LogP contribution in [0, 0.1) is 0 Å². The molecule has 7 heteroatoms. The fourth-order valence-electron chi connectivity index (χ4n) is 2.13. The molecule has 0 aliphatic carbocycles. The summed E-state index contributed by atoms with van der Waals surface area (Å²) in [7, 11) is 0. The van der Waals surface area contributed by atoms with Gasteiger partial charge < -0.3 is 20.5 Å². The largest absolute Gasteiger partial charge is 0.507 e. The number of hydrogen-bond acceptors (Lipinski definition) is 5. The molecule has 0 atom stereocenters. The van der Waals surface area contributed by atoms with Crippen LogP contribution in [-0.4, -0.2) is 42.6 Å². The van der Waals surface area contributed by atoms with Crippen LogP contribution in [0.5, 0.6) is 5.75 Å².